The van der Waals surface area contributed by atoms with Gasteiger partial charge in [-0.3, -0.25) is 9.69 Å². The highest BCUT2D eigenvalue weighted by atomic mass is 32.2. The standard InChI is InChI=1S/C7H14N2O5S/c8-15(13,14)2-1-9-4-5(10)3-6(9)7(11)12/h5-6,10H,1-4H2,(H,11,12)(H2,8,13,14). The highest BCUT2D eigenvalue weighted by molar-refractivity contribution is 7.89. The Bertz CT molecular complexity index is 341. The third-order valence-corrected chi connectivity index (χ3v) is 3.08. The summed E-state index contributed by atoms with van der Waals surface area (Å²) in [6, 6.07) is -0.818. The minimum Gasteiger partial charge on any atom is -0.480 e. The average Bonchev–Trinajstić information content (AvgIpc) is 2.42. The van der Waals surface area contributed by atoms with Crippen LogP contribution in [0.3, 0.4) is 0 Å². The number of nitrogens with zero attached hydrogens (tertiary/aromatic N) is 1. The molecule has 0 aromatic rings. The minimum absolute atomic E-state index is 0.0346. The van der Waals surface area contributed by atoms with Crippen LogP contribution in [0.1, 0.15) is 6.42 Å². The molecule has 1 fully saturated rings. The molecule has 1 saturated heterocycles. The van der Waals surface area contributed by atoms with E-state index in [0.29, 0.717) is 0 Å². The molecule has 88 valence electrons. The maximum atomic E-state index is 10.7. The molecular weight excluding hydrogens is 224 g/mol. The molecule has 0 saturated carbocycles. The van der Waals surface area contributed by atoms with E-state index in [2.05, 4.69) is 0 Å². The van der Waals surface area contributed by atoms with E-state index in [1.807, 2.05) is 0 Å². The molecule has 0 aromatic heterocycles. The number of β-amino-alcohol motifs (C(OH)–C–C–N with tert-alkyl or cyclic N) is 1. The second kappa shape index (κ2) is 4.44. The minimum atomic E-state index is -3.59. The molecule has 1 aliphatic rings. The first kappa shape index (κ1) is 12.4. The van der Waals surface area contributed by atoms with Gasteiger partial charge < -0.3 is 10.2 Å². The Hall–Kier alpha value is -0.700. The second-order valence-electron chi connectivity index (χ2n) is 3.61. The highest BCUT2D eigenvalue weighted by Gasteiger charge is 2.35. The Morgan fingerprint density at radius 2 is 2.13 bits per heavy atom. The molecule has 0 aliphatic carbocycles. The van der Waals surface area contributed by atoms with Crippen LogP contribution in [0.2, 0.25) is 0 Å². The Morgan fingerprint density at radius 3 is 2.60 bits per heavy atom. The summed E-state index contributed by atoms with van der Waals surface area (Å²) in [5, 5.41) is 22.9. The van der Waals surface area contributed by atoms with Crippen LogP contribution in [0, 0.1) is 0 Å². The lowest BCUT2D eigenvalue weighted by atomic mass is 10.2. The number of likely N-dealkylation sites (tertiary alicyclic amines) is 1. The van der Waals surface area contributed by atoms with Crippen LogP contribution in [0.25, 0.3) is 0 Å². The summed E-state index contributed by atoms with van der Waals surface area (Å²) in [4.78, 5) is 12.2. The molecule has 0 radical (unpaired) electrons. The van der Waals surface area contributed by atoms with Crippen molar-refractivity contribution >= 4 is 16.0 Å². The van der Waals surface area contributed by atoms with Crippen molar-refractivity contribution in [2.45, 2.75) is 18.6 Å². The summed E-state index contributed by atoms with van der Waals surface area (Å²) in [5.74, 6) is -1.36. The fraction of sp³-hybridized carbons (Fsp3) is 0.857. The zero-order valence-corrected chi connectivity index (χ0v) is 8.85. The molecule has 7 nitrogen and oxygen atoms in total. The smallest absolute Gasteiger partial charge is 0.321 e. The fourth-order valence-corrected chi connectivity index (χ4v) is 2.12. The zero-order chi connectivity index (χ0) is 11.6. The van der Waals surface area contributed by atoms with Gasteiger partial charge in [-0.2, -0.15) is 0 Å². The summed E-state index contributed by atoms with van der Waals surface area (Å²) in [6.07, 6.45) is -0.591. The molecule has 1 heterocycles. The van der Waals surface area contributed by atoms with E-state index in [4.69, 9.17) is 10.2 Å². The summed E-state index contributed by atoms with van der Waals surface area (Å²) < 4.78 is 21.4. The maximum absolute atomic E-state index is 10.7. The van der Waals surface area contributed by atoms with Gasteiger partial charge in [0.1, 0.15) is 6.04 Å². The molecule has 1 aliphatic heterocycles. The number of carboxylic acid groups (broad SMARTS) is 1. The first-order chi connectivity index (χ1) is 6.79. The van der Waals surface area contributed by atoms with Gasteiger partial charge in [-0.15, -0.1) is 0 Å². The number of carbonyl (C=O) groups is 1. The Labute approximate surface area is 87.5 Å². The molecule has 2 unspecified atom stereocenters. The largest absolute Gasteiger partial charge is 0.480 e. The molecule has 4 N–H and O–H groups in total. The lowest BCUT2D eigenvalue weighted by Gasteiger charge is -2.19. The number of nitrogens with two attached hydrogens (primary N) is 1. The van der Waals surface area contributed by atoms with Gasteiger partial charge in [-0.1, -0.05) is 0 Å². The zero-order valence-electron chi connectivity index (χ0n) is 8.04. The number of aliphatic carboxylic acids is 1. The van der Waals surface area contributed by atoms with Crippen LogP contribution in [-0.4, -0.2) is 60.5 Å². The van der Waals surface area contributed by atoms with E-state index in [-0.39, 0.29) is 25.3 Å². The molecule has 15 heavy (non-hydrogen) atoms. The van der Waals surface area contributed by atoms with Gasteiger partial charge in [-0.25, -0.2) is 13.6 Å². The molecule has 0 bridgehead atoms. The van der Waals surface area contributed by atoms with Crippen LogP contribution in [0.4, 0.5) is 0 Å². The van der Waals surface area contributed by atoms with Crippen molar-refractivity contribution in [2.75, 3.05) is 18.8 Å². The number of carboxylic acids is 1. The third-order valence-electron chi connectivity index (χ3n) is 2.33. The first-order valence-corrected chi connectivity index (χ1v) is 6.16. The monoisotopic (exact) mass is 238 g/mol. The van der Waals surface area contributed by atoms with Crippen molar-refractivity contribution in [1.29, 1.82) is 0 Å². The van der Waals surface area contributed by atoms with Crippen LogP contribution >= 0.6 is 0 Å². The predicted molar refractivity (Wildman–Crippen MR) is 51.6 cm³/mol. The van der Waals surface area contributed by atoms with E-state index >= 15 is 0 Å². The number of aliphatic hydroxyl groups excluding tert-OH is 1. The number of aliphatic hydroxyl groups is 1. The molecule has 0 spiro atoms. The van der Waals surface area contributed by atoms with Gasteiger partial charge in [0.2, 0.25) is 10.0 Å². The Morgan fingerprint density at radius 1 is 1.53 bits per heavy atom. The molecule has 0 amide bonds. The second-order valence-corrected chi connectivity index (χ2v) is 5.34. The molecule has 1 rings (SSSR count). The molecular formula is C7H14N2O5S. The maximum Gasteiger partial charge on any atom is 0.321 e. The van der Waals surface area contributed by atoms with Crippen LogP contribution in [-0.2, 0) is 14.8 Å². The van der Waals surface area contributed by atoms with Crippen molar-refractivity contribution in [2.24, 2.45) is 5.14 Å². The quantitative estimate of drug-likeness (QED) is 0.511. The van der Waals surface area contributed by atoms with Crippen LogP contribution in [0.5, 0.6) is 0 Å². The number of hydrogen-bond acceptors (Lipinski definition) is 5. The summed E-state index contributed by atoms with van der Waals surface area (Å²) >= 11 is 0. The molecule has 2 atom stereocenters. The van der Waals surface area contributed by atoms with Gasteiger partial charge in [0.05, 0.1) is 11.9 Å². The van der Waals surface area contributed by atoms with E-state index in [1.165, 1.54) is 4.90 Å². The van der Waals surface area contributed by atoms with E-state index < -0.39 is 28.1 Å². The molecule has 8 heteroatoms. The van der Waals surface area contributed by atoms with Crippen molar-refractivity contribution < 1.29 is 23.4 Å². The first-order valence-electron chi connectivity index (χ1n) is 4.45. The van der Waals surface area contributed by atoms with Gasteiger partial charge in [0.25, 0.3) is 0 Å². The lowest BCUT2D eigenvalue weighted by Crippen LogP contribution is -2.39. The van der Waals surface area contributed by atoms with Gasteiger partial charge in [0.15, 0.2) is 0 Å². The van der Waals surface area contributed by atoms with E-state index in [9.17, 15) is 18.3 Å². The van der Waals surface area contributed by atoms with E-state index in [0.717, 1.165) is 0 Å². The van der Waals surface area contributed by atoms with Gasteiger partial charge in [-0.05, 0) is 0 Å². The van der Waals surface area contributed by atoms with Crippen molar-refractivity contribution in [3.05, 3.63) is 0 Å². The summed E-state index contributed by atoms with van der Waals surface area (Å²) in [7, 11) is -3.59. The average molecular weight is 238 g/mol. The number of primary sulfonamides is 1. The lowest BCUT2D eigenvalue weighted by molar-refractivity contribution is -0.142. The SMILES string of the molecule is NS(=O)(=O)CCN1CC(O)CC1C(=O)O. The van der Waals surface area contributed by atoms with Crippen molar-refractivity contribution in [3.8, 4) is 0 Å². The predicted octanol–water partition coefficient (Wildman–Crippen LogP) is -2.21. The van der Waals surface area contributed by atoms with Crippen molar-refractivity contribution in [1.82, 2.24) is 4.90 Å². The van der Waals surface area contributed by atoms with Crippen molar-refractivity contribution in [3.63, 3.8) is 0 Å². The van der Waals surface area contributed by atoms with Crippen LogP contribution in [0.15, 0.2) is 0 Å². The highest BCUT2D eigenvalue weighted by Crippen LogP contribution is 2.17. The fourth-order valence-electron chi connectivity index (χ4n) is 1.63. The Balaban J connectivity index is 2.57. The summed E-state index contributed by atoms with van der Waals surface area (Å²) in [5.41, 5.74) is 0. The van der Waals surface area contributed by atoms with Gasteiger partial charge in [0, 0.05) is 19.5 Å². The third kappa shape index (κ3) is 3.74. The number of rotatable bonds is 4. The van der Waals surface area contributed by atoms with Gasteiger partial charge >= 0.3 is 5.97 Å². The normalized spacial score (nSPS) is 28.1. The topological polar surface area (TPSA) is 121 Å². The summed E-state index contributed by atoms with van der Waals surface area (Å²) in [6.45, 7) is 0.208. The van der Waals surface area contributed by atoms with Crippen LogP contribution < -0.4 is 5.14 Å². The number of hydrogen-bond donors (Lipinski definition) is 3. The number of sulfonamides is 1. The Kier molecular flexibility index (Phi) is 3.66. The van der Waals surface area contributed by atoms with E-state index in [1.54, 1.807) is 0 Å². The molecule has 0 aromatic carbocycles.